The van der Waals surface area contributed by atoms with E-state index in [9.17, 15) is 9.90 Å². The molecule has 1 aromatic carbocycles. The van der Waals surface area contributed by atoms with Crippen molar-refractivity contribution >= 4 is 5.78 Å². The van der Waals surface area contributed by atoms with Crippen LogP contribution in [0.25, 0.3) is 0 Å². The number of hydrogen-bond acceptors (Lipinski definition) is 4. The van der Waals surface area contributed by atoms with E-state index in [1.54, 1.807) is 6.92 Å². The Morgan fingerprint density at radius 3 is 2.57 bits per heavy atom. The zero-order valence-electron chi connectivity index (χ0n) is 14.6. The first kappa shape index (κ1) is 16.1. The van der Waals surface area contributed by atoms with Crippen LogP contribution >= 0.6 is 0 Å². The van der Waals surface area contributed by atoms with Gasteiger partial charge in [-0.25, -0.2) is 0 Å². The minimum absolute atomic E-state index is 0.250. The lowest BCUT2D eigenvalue weighted by Crippen LogP contribution is -2.50. The summed E-state index contributed by atoms with van der Waals surface area (Å²) in [6.07, 6.45) is 0. The summed E-state index contributed by atoms with van der Waals surface area (Å²) in [6.45, 7) is 12.0. The largest absolute Gasteiger partial charge is 0.493 e. The molecule has 1 heterocycles. The van der Waals surface area contributed by atoms with Crippen molar-refractivity contribution in [3.8, 4) is 5.75 Å². The molecule has 0 saturated carbocycles. The summed E-state index contributed by atoms with van der Waals surface area (Å²) >= 11 is 0. The molecule has 0 spiro atoms. The molecular weight excluding hydrogens is 292 g/mol. The van der Waals surface area contributed by atoms with Crippen molar-refractivity contribution < 1.29 is 19.4 Å². The van der Waals surface area contributed by atoms with Crippen molar-refractivity contribution in [3.63, 3.8) is 0 Å². The van der Waals surface area contributed by atoms with E-state index in [0.29, 0.717) is 23.5 Å². The average Bonchev–Trinajstić information content (AvgIpc) is 2.82. The summed E-state index contributed by atoms with van der Waals surface area (Å²) < 4.78 is 11.6. The second kappa shape index (κ2) is 4.84. The van der Waals surface area contributed by atoms with Crippen molar-refractivity contribution in [2.24, 2.45) is 0 Å². The van der Waals surface area contributed by atoms with Gasteiger partial charge >= 0.3 is 0 Å². The molecule has 2 atom stereocenters. The fourth-order valence-electron chi connectivity index (χ4n) is 3.29. The van der Waals surface area contributed by atoms with Gasteiger partial charge in [-0.05, 0) is 52.3 Å². The molecule has 1 unspecified atom stereocenters. The summed E-state index contributed by atoms with van der Waals surface area (Å²) in [5.41, 5.74) is 0.795. The molecule has 0 fully saturated rings. The zero-order chi connectivity index (χ0) is 17.2. The molecule has 0 saturated heterocycles. The summed E-state index contributed by atoms with van der Waals surface area (Å²) in [6, 6.07) is 3.81. The molecule has 3 rings (SSSR count). The maximum atomic E-state index is 12.5. The Hall–Kier alpha value is -1.81. The molecule has 23 heavy (non-hydrogen) atoms. The topological polar surface area (TPSA) is 55.8 Å². The number of aliphatic hydroxyl groups is 1. The van der Waals surface area contributed by atoms with Crippen molar-refractivity contribution in [3.05, 3.63) is 40.2 Å². The SMILES string of the molecule is CC1=C(OC(C)(C)C)C(O)(c2cc3c(cc2C)OC[C@H]3C)C1=O. The molecule has 0 aromatic heterocycles. The smallest absolute Gasteiger partial charge is 0.211 e. The van der Waals surface area contributed by atoms with Crippen LogP contribution in [0.5, 0.6) is 5.75 Å². The maximum absolute atomic E-state index is 12.5. The molecule has 124 valence electrons. The van der Waals surface area contributed by atoms with Crippen LogP contribution in [0.1, 0.15) is 57.2 Å². The normalized spacial score (nSPS) is 26.7. The quantitative estimate of drug-likeness (QED) is 0.909. The highest BCUT2D eigenvalue weighted by atomic mass is 16.5. The van der Waals surface area contributed by atoms with Crippen molar-refractivity contribution in [1.29, 1.82) is 0 Å². The number of ether oxygens (including phenoxy) is 2. The van der Waals surface area contributed by atoms with Crippen LogP contribution in [-0.2, 0) is 15.1 Å². The van der Waals surface area contributed by atoms with Crippen molar-refractivity contribution in [2.45, 2.75) is 58.7 Å². The summed E-state index contributed by atoms with van der Waals surface area (Å²) in [4.78, 5) is 12.5. The molecule has 4 nitrogen and oxygen atoms in total. The molecule has 4 heteroatoms. The van der Waals surface area contributed by atoms with Gasteiger partial charge in [-0.2, -0.15) is 0 Å². The third-order valence-corrected chi connectivity index (χ3v) is 4.51. The Bertz CT molecular complexity index is 724. The molecule has 1 aliphatic carbocycles. The third kappa shape index (κ3) is 2.27. The molecule has 1 aromatic rings. The van der Waals surface area contributed by atoms with Crippen LogP contribution in [0.3, 0.4) is 0 Å². The van der Waals surface area contributed by atoms with Gasteiger partial charge in [0.05, 0.1) is 6.61 Å². The standard InChI is InChI=1S/C19H24O4/c1-10-7-15-13(11(2)9-22-15)8-14(10)19(21)16(20)12(3)17(19)23-18(4,5)6/h7-8,11,21H,9H2,1-6H3/t11-,19?/m1/s1. The van der Waals surface area contributed by atoms with E-state index < -0.39 is 11.2 Å². The first-order valence-corrected chi connectivity index (χ1v) is 8.01. The van der Waals surface area contributed by atoms with E-state index in [1.165, 1.54) is 0 Å². The van der Waals surface area contributed by atoms with E-state index in [0.717, 1.165) is 16.9 Å². The van der Waals surface area contributed by atoms with Gasteiger partial charge in [0.25, 0.3) is 0 Å². The highest BCUT2D eigenvalue weighted by Gasteiger charge is 2.56. The van der Waals surface area contributed by atoms with E-state index >= 15 is 0 Å². The third-order valence-electron chi connectivity index (χ3n) is 4.51. The lowest BCUT2D eigenvalue weighted by atomic mass is 9.71. The van der Waals surface area contributed by atoms with Crippen LogP contribution in [-0.4, -0.2) is 23.1 Å². The van der Waals surface area contributed by atoms with Crippen LogP contribution in [0.2, 0.25) is 0 Å². The lowest BCUT2D eigenvalue weighted by molar-refractivity contribution is -0.146. The number of Topliss-reactive ketones (excluding diaryl/α,β-unsaturated/α-hetero) is 1. The van der Waals surface area contributed by atoms with E-state index in [2.05, 4.69) is 6.92 Å². The molecule has 1 aliphatic heterocycles. The molecular formula is C19H24O4. The number of carbonyl (C=O) groups excluding carboxylic acids is 1. The molecule has 0 radical (unpaired) electrons. The second-order valence-corrected chi connectivity index (χ2v) is 7.63. The zero-order valence-corrected chi connectivity index (χ0v) is 14.6. The van der Waals surface area contributed by atoms with Gasteiger partial charge in [0, 0.05) is 22.6 Å². The highest BCUT2D eigenvalue weighted by molar-refractivity contribution is 6.11. The van der Waals surface area contributed by atoms with E-state index in [1.807, 2.05) is 39.8 Å². The summed E-state index contributed by atoms with van der Waals surface area (Å²) in [5, 5.41) is 11.2. The Morgan fingerprint density at radius 2 is 1.96 bits per heavy atom. The van der Waals surface area contributed by atoms with Gasteiger partial charge in [0.2, 0.25) is 11.4 Å². The van der Waals surface area contributed by atoms with Crippen molar-refractivity contribution in [2.75, 3.05) is 6.61 Å². The summed E-state index contributed by atoms with van der Waals surface area (Å²) in [7, 11) is 0. The monoisotopic (exact) mass is 316 g/mol. The number of benzene rings is 1. The highest BCUT2D eigenvalue weighted by Crippen LogP contribution is 2.48. The second-order valence-electron chi connectivity index (χ2n) is 7.63. The van der Waals surface area contributed by atoms with Gasteiger partial charge < -0.3 is 14.6 Å². The minimum atomic E-state index is -1.68. The van der Waals surface area contributed by atoms with Crippen LogP contribution < -0.4 is 4.74 Å². The van der Waals surface area contributed by atoms with Gasteiger partial charge in [0.1, 0.15) is 17.1 Å². The lowest BCUT2D eigenvalue weighted by Gasteiger charge is -2.42. The fraction of sp³-hybridized carbons (Fsp3) is 0.526. The number of ketones is 1. The van der Waals surface area contributed by atoms with E-state index in [-0.39, 0.29) is 11.7 Å². The Kier molecular flexibility index (Phi) is 3.38. The summed E-state index contributed by atoms with van der Waals surface area (Å²) in [5.74, 6) is 1.17. The number of aryl methyl sites for hydroxylation is 1. The first-order valence-electron chi connectivity index (χ1n) is 8.01. The Balaban J connectivity index is 2.11. The van der Waals surface area contributed by atoms with Gasteiger partial charge in [-0.3, -0.25) is 4.79 Å². The van der Waals surface area contributed by atoms with Gasteiger partial charge in [-0.1, -0.05) is 6.92 Å². The van der Waals surface area contributed by atoms with E-state index in [4.69, 9.17) is 9.47 Å². The van der Waals surface area contributed by atoms with Crippen LogP contribution in [0, 0.1) is 6.92 Å². The number of hydrogen-bond donors (Lipinski definition) is 1. The minimum Gasteiger partial charge on any atom is -0.493 e. The number of carbonyl (C=O) groups is 1. The molecule has 2 aliphatic rings. The predicted molar refractivity (Wildman–Crippen MR) is 87.5 cm³/mol. The average molecular weight is 316 g/mol. The Morgan fingerprint density at radius 1 is 1.30 bits per heavy atom. The van der Waals surface area contributed by atoms with Crippen LogP contribution in [0.4, 0.5) is 0 Å². The molecule has 0 amide bonds. The Labute approximate surface area is 137 Å². The van der Waals surface area contributed by atoms with Crippen LogP contribution in [0.15, 0.2) is 23.5 Å². The predicted octanol–water partition coefficient (Wildman–Crippen LogP) is 3.35. The first-order chi connectivity index (χ1) is 10.6. The molecule has 0 bridgehead atoms. The maximum Gasteiger partial charge on any atom is 0.211 e. The van der Waals surface area contributed by atoms with Crippen molar-refractivity contribution in [1.82, 2.24) is 0 Å². The number of rotatable bonds is 2. The van der Waals surface area contributed by atoms with Gasteiger partial charge in [-0.15, -0.1) is 0 Å². The fourth-order valence-corrected chi connectivity index (χ4v) is 3.29. The number of fused-ring (bicyclic) bond motifs is 1. The molecule has 1 N–H and O–H groups in total. The van der Waals surface area contributed by atoms with Gasteiger partial charge in [0.15, 0.2) is 0 Å².